The molecule has 2 N–H and O–H groups in total. The average Bonchev–Trinajstić information content (AvgIpc) is 2.72. The molecule has 14 heavy (non-hydrogen) atoms. The summed E-state index contributed by atoms with van der Waals surface area (Å²) in [6.45, 7) is 3.58. The monoisotopic (exact) mass is 189 g/mol. The largest absolute Gasteiger partial charge is 0.326 e. The van der Waals surface area contributed by atoms with Crippen LogP contribution >= 0.6 is 0 Å². The molecule has 1 aliphatic heterocycles. The van der Waals surface area contributed by atoms with Crippen LogP contribution in [0.3, 0.4) is 0 Å². The first-order valence-corrected chi connectivity index (χ1v) is 4.90. The first kappa shape index (κ1) is 9.37. The summed E-state index contributed by atoms with van der Waals surface area (Å²) in [5.41, 5.74) is 7.71. The molecule has 0 saturated heterocycles. The molecule has 0 aliphatic carbocycles. The van der Waals surface area contributed by atoms with Crippen molar-refractivity contribution in [2.24, 2.45) is 5.73 Å². The lowest BCUT2D eigenvalue weighted by Crippen LogP contribution is -2.19. The number of hydrogen-bond donors (Lipinski definition) is 1. The Morgan fingerprint density at radius 1 is 1.29 bits per heavy atom. The van der Waals surface area contributed by atoms with Gasteiger partial charge in [-0.3, -0.25) is 9.88 Å². The Hall–Kier alpha value is -1.19. The molecule has 1 aromatic heterocycles. The number of pyridine rings is 1. The molecule has 2 rings (SSSR count). The molecule has 3 nitrogen and oxygen atoms in total. The average molecular weight is 189 g/mol. The summed E-state index contributed by atoms with van der Waals surface area (Å²) in [5, 5.41) is 0. The van der Waals surface area contributed by atoms with Gasteiger partial charge in [0.2, 0.25) is 0 Å². The van der Waals surface area contributed by atoms with Crippen molar-refractivity contribution < 1.29 is 0 Å². The maximum atomic E-state index is 5.50. The van der Waals surface area contributed by atoms with Crippen LogP contribution in [-0.4, -0.2) is 23.0 Å². The minimum absolute atomic E-state index is 0.568. The summed E-state index contributed by atoms with van der Waals surface area (Å²) in [6, 6.07) is 4.10. The second-order valence-electron chi connectivity index (χ2n) is 3.53. The van der Waals surface area contributed by atoms with E-state index in [-0.39, 0.29) is 0 Å². The fraction of sp³-hybridized carbons (Fsp3) is 0.364. The van der Waals surface area contributed by atoms with Gasteiger partial charge in [0, 0.05) is 32.4 Å². The molecule has 2 heterocycles. The van der Waals surface area contributed by atoms with E-state index in [2.05, 4.69) is 28.1 Å². The molecule has 0 bridgehead atoms. The third kappa shape index (κ3) is 2.19. The zero-order chi connectivity index (χ0) is 9.80. The zero-order valence-corrected chi connectivity index (χ0v) is 8.19. The molecule has 0 fully saturated rings. The van der Waals surface area contributed by atoms with E-state index in [0.29, 0.717) is 6.54 Å². The van der Waals surface area contributed by atoms with Gasteiger partial charge in [-0.2, -0.15) is 0 Å². The first-order valence-electron chi connectivity index (χ1n) is 4.90. The fourth-order valence-corrected chi connectivity index (χ4v) is 1.55. The quantitative estimate of drug-likeness (QED) is 0.719. The molecule has 0 atom stereocenters. The van der Waals surface area contributed by atoms with Crippen molar-refractivity contribution in [1.82, 2.24) is 9.88 Å². The Balaban J connectivity index is 1.96. The highest BCUT2D eigenvalue weighted by molar-refractivity contribution is 5.14. The summed E-state index contributed by atoms with van der Waals surface area (Å²) in [6.07, 6.45) is 6.24. The van der Waals surface area contributed by atoms with Crippen molar-refractivity contribution in [3.8, 4) is 0 Å². The van der Waals surface area contributed by atoms with Gasteiger partial charge < -0.3 is 5.73 Å². The van der Waals surface area contributed by atoms with E-state index >= 15 is 0 Å². The number of nitrogens with two attached hydrogens (primary N) is 1. The predicted molar refractivity (Wildman–Crippen MR) is 56.5 cm³/mol. The van der Waals surface area contributed by atoms with E-state index in [0.717, 1.165) is 30.9 Å². The smallest absolute Gasteiger partial charge is 0.0544 e. The van der Waals surface area contributed by atoms with Gasteiger partial charge in [0.05, 0.1) is 5.69 Å². The summed E-state index contributed by atoms with van der Waals surface area (Å²) < 4.78 is 0. The zero-order valence-electron chi connectivity index (χ0n) is 8.19. The summed E-state index contributed by atoms with van der Waals surface area (Å²) in [5.74, 6) is 0. The second-order valence-corrected chi connectivity index (χ2v) is 3.53. The van der Waals surface area contributed by atoms with Crippen LogP contribution in [0.25, 0.3) is 0 Å². The minimum Gasteiger partial charge on any atom is -0.326 e. The normalized spacial score (nSPS) is 16.4. The minimum atomic E-state index is 0.568. The van der Waals surface area contributed by atoms with E-state index in [1.807, 2.05) is 12.3 Å². The van der Waals surface area contributed by atoms with Gasteiger partial charge in [-0.25, -0.2) is 0 Å². The van der Waals surface area contributed by atoms with E-state index in [1.54, 1.807) is 0 Å². The van der Waals surface area contributed by atoms with Crippen molar-refractivity contribution >= 4 is 0 Å². The number of hydrogen-bond acceptors (Lipinski definition) is 3. The van der Waals surface area contributed by atoms with Gasteiger partial charge in [0.15, 0.2) is 0 Å². The SMILES string of the molecule is NCc1ccc(CN2CC=CC2)nc1. The van der Waals surface area contributed by atoms with Crippen LogP contribution in [0.5, 0.6) is 0 Å². The van der Waals surface area contributed by atoms with Crippen molar-refractivity contribution in [1.29, 1.82) is 0 Å². The fourth-order valence-electron chi connectivity index (χ4n) is 1.55. The number of nitrogens with zero attached hydrogens (tertiary/aromatic N) is 2. The van der Waals surface area contributed by atoms with Gasteiger partial charge in [-0.15, -0.1) is 0 Å². The van der Waals surface area contributed by atoms with Crippen LogP contribution in [0.4, 0.5) is 0 Å². The van der Waals surface area contributed by atoms with Gasteiger partial charge in [0.1, 0.15) is 0 Å². The van der Waals surface area contributed by atoms with Gasteiger partial charge in [0.25, 0.3) is 0 Å². The Labute approximate surface area is 84.2 Å². The Bertz CT molecular complexity index is 308. The van der Waals surface area contributed by atoms with Gasteiger partial charge in [-0.1, -0.05) is 18.2 Å². The lowest BCUT2D eigenvalue weighted by Gasteiger charge is -2.13. The highest BCUT2D eigenvalue weighted by Crippen LogP contribution is 2.06. The van der Waals surface area contributed by atoms with Gasteiger partial charge in [-0.05, 0) is 11.6 Å². The molecule has 1 aliphatic rings. The van der Waals surface area contributed by atoms with E-state index in [9.17, 15) is 0 Å². The molecule has 0 spiro atoms. The molecular formula is C11H15N3. The van der Waals surface area contributed by atoms with Crippen LogP contribution < -0.4 is 5.73 Å². The molecule has 74 valence electrons. The molecule has 0 radical (unpaired) electrons. The lowest BCUT2D eigenvalue weighted by atomic mass is 10.2. The number of rotatable bonds is 3. The van der Waals surface area contributed by atoms with Gasteiger partial charge >= 0.3 is 0 Å². The van der Waals surface area contributed by atoms with Crippen molar-refractivity contribution in [3.05, 3.63) is 41.7 Å². The number of aromatic nitrogens is 1. The summed E-state index contributed by atoms with van der Waals surface area (Å²) >= 11 is 0. The Morgan fingerprint density at radius 2 is 2.07 bits per heavy atom. The van der Waals surface area contributed by atoms with Crippen LogP contribution in [0.1, 0.15) is 11.3 Å². The molecule has 3 heteroatoms. The van der Waals surface area contributed by atoms with E-state index < -0.39 is 0 Å². The maximum absolute atomic E-state index is 5.50. The van der Waals surface area contributed by atoms with Crippen LogP contribution in [-0.2, 0) is 13.1 Å². The third-order valence-corrected chi connectivity index (χ3v) is 2.40. The summed E-state index contributed by atoms with van der Waals surface area (Å²) in [4.78, 5) is 6.70. The van der Waals surface area contributed by atoms with Crippen LogP contribution in [0.15, 0.2) is 30.5 Å². The van der Waals surface area contributed by atoms with Crippen molar-refractivity contribution in [3.63, 3.8) is 0 Å². The molecular weight excluding hydrogens is 174 g/mol. The van der Waals surface area contributed by atoms with E-state index in [1.165, 1.54) is 0 Å². The maximum Gasteiger partial charge on any atom is 0.0544 e. The molecule has 1 aromatic rings. The molecule has 0 unspecified atom stereocenters. The third-order valence-electron chi connectivity index (χ3n) is 2.40. The molecule has 0 aromatic carbocycles. The Morgan fingerprint density at radius 3 is 2.64 bits per heavy atom. The standard InChI is InChI=1S/C11H15N3/c12-7-10-3-4-11(13-8-10)9-14-5-1-2-6-14/h1-4,8H,5-7,9,12H2. The summed E-state index contributed by atoms with van der Waals surface area (Å²) in [7, 11) is 0. The van der Waals surface area contributed by atoms with Crippen molar-refractivity contribution in [2.75, 3.05) is 13.1 Å². The Kier molecular flexibility index (Phi) is 2.91. The molecule has 0 amide bonds. The van der Waals surface area contributed by atoms with Crippen LogP contribution in [0, 0.1) is 0 Å². The lowest BCUT2D eigenvalue weighted by molar-refractivity contribution is 0.341. The highest BCUT2D eigenvalue weighted by atomic mass is 15.1. The topological polar surface area (TPSA) is 42.1 Å². The predicted octanol–water partition coefficient (Wildman–Crippen LogP) is 0.912. The van der Waals surface area contributed by atoms with Crippen LogP contribution in [0.2, 0.25) is 0 Å². The van der Waals surface area contributed by atoms with E-state index in [4.69, 9.17) is 5.73 Å². The second kappa shape index (κ2) is 4.35. The van der Waals surface area contributed by atoms with Crippen molar-refractivity contribution in [2.45, 2.75) is 13.1 Å². The molecule has 0 saturated carbocycles. The highest BCUT2D eigenvalue weighted by Gasteiger charge is 2.07. The first-order chi connectivity index (χ1) is 6.88.